The molecule has 1 rings (SSSR count). The van der Waals surface area contributed by atoms with Crippen LogP contribution in [0.3, 0.4) is 0 Å². The van der Waals surface area contributed by atoms with Gasteiger partial charge in [0, 0.05) is 23.5 Å². The monoisotopic (exact) mass is 348 g/mol. The Bertz CT molecular complexity index is 550. The van der Waals surface area contributed by atoms with Crippen molar-refractivity contribution in [3.05, 3.63) is 58.8 Å². The molecule has 4 nitrogen and oxygen atoms in total. The van der Waals surface area contributed by atoms with Crippen LogP contribution in [0, 0.1) is 6.57 Å². The maximum absolute atomic E-state index is 12.2. The van der Waals surface area contributed by atoms with Gasteiger partial charge in [-0.3, -0.25) is 4.79 Å². The molecule has 0 fully saturated rings. The van der Waals surface area contributed by atoms with E-state index in [-0.39, 0.29) is 23.7 Å². The minimum absolute atomic E-state index is 0. The normalized spacial score (nSPS) is 11.7. The molecule has 21 heavy (non-hydrogen) atoms. The van der Waals surface area contributed by atoms with Crippen LogP contribution in [-0.2, 0) is 33.0 Å². The number of rotatable bonds is 4. The molecule has 1 N–H and O–H groups in total. The Kier molecular flexibility index (Phi) is 7.56. The molecule has 8 heteroatoms. The van der Waals surface area contributed by atoms with Gasteiger partial charge in [0.05, 0.1) is 13.2 Å². The number of nitrogens with zero attached hydrogens (tertiary/aromatic N) is 1. The number of aliphatic hydroxyl groups excluding tert-OH is 1. The van der Waals surface area contributed by atoms with Crippen LogP contribution in [0.25, 0.3) is 4.85 Å². The van der Waals surface area contributed by atoms with E-state index in [2.05, 4.69) is 9.58 Å². The molecule has 1 aromatic rings. The number of alkyl halides is 3. The molecule has 0 unspecified atom stereocenters. The largest absolute Gasteiger partial charge is 0.515 e. The number of aliphatic hydroxyl groups is 1. The number of carbonyl (C=O) groups is 1. The summed E-state index contributed by atoms with van der Waals surface area (Å²) in [4.78, 5) is 13.7. The number of ether oxygens (including phenoxy) is 1. The second-order valence-corrected chi connectivity index (χ2v) is 3.68. The summed E-state index contributed by atoms with van der Waals surface area (Å²) in [5, 5.41) is 8.77. The van der Waals surface area contributed by atoms with Crippen LogP contribution in [-0.4, -0.2) is 23.9 Å². The molecular formula is C13H10CuF3NO3. The summed E-state index contributed by atoms with van der Waals surface area (Å²) in [6.07, 6.45) is -4.86. The van der Waals surface area contributed by atoms with Gasteiger partial charge in [0.2, 0.25) is 5.76 Å². The SMILES string of the molecule is [C-]#[N+]/C(C(=O)OCCc1ccccc1)=C(/O)C(F)(F)F.[Cu]. The molecule has 0 amide bonds. The number of hydrogen-bond acceptors (Lipinski definition) is 3. The van der Waals surface area contributed by atoms with Gasteiger partial charge in [-0.25, -0.2) is 4.85 Å². The first-order chi connectivity index (χ1) is 9.36. The van der Waals surface area contributed by atoms with Crippen LogP contribution in [0.5, 0.6) is 0 Å². The fraction of sp³-hybridized carbons (Fsp3) is 0.231. The van der Waals surface area contributed by atoms with Gasteiger partial charge in [0.25, 0.3) is 0 Å². The van der Waals surface area contributed by atoms with Gasteiger partial charge >= 0.3 is 17.8 Å². The number of carbonyl (C=O) groups excluding carboxylic acids is 1. The van der Waals surface area contributed by atoms with Crippen LogP contribution in [0.2, 0.25) is 0 Å². The third-order valence-electron chi connectivity index (χ3n) is 2.26. The van der Waals surface area contributed by atoms with Gasteiger partial charge in [-0.05, 0) is 5.56 Å². The maximum Gasteiger partial charge on any atom is 0.438 e. The second kappa shape index (κ2) is 8.35. The molecule has 117 valence electrons. The summed E-state index contributed by atoms with van der Waals surface area (Å²) < 4.78 is 41.1. The van der Waals surface area contributed by atoms with Gasteiger partial charge in [0.1, 0.15) is 0 Å². The van der Waals surface area contributed by atoms with Gasteiger partial charge in [-0.1, -0.05) is 30.3 Å². The van der Waals surface area contributed by atoms with E-state index < -0.39 is 23.6 Å². The van der Waals surface area contributed by atoms with E-state index in [0.29, 0.717) is 6.42 Å². The fourth-order valence-corrected chi connectivity index (χ4v) is 1.30. The number of hydrogen-bond donors (Lipinski definition) is 1. The standard InChI is InChI=1S/C13H10F3NO3.Cu/c1-17-10(11(18)13(14,15)16)12(19)20-8-7-9-5-3-2-4-6-9;/h2-6,18H,7-8H2;/b11-10+;. The third kappa shape index (κ3) is 5.90. The zero-order valence-electron chi connectivity index (χ0n) is 10.4. The summed E-state index contributed by atoms with van der Waals surface area (Å²) in [6, 6.07) is 8.82. The Morgan fingerprint density at radius 2 is 1.86 bits per heavy atom. The van der Waals surface area contributed by atoms with Gasteiger partial charge in [-0.2, -0.15) is 13.2 Å². The number of allylic oxidation sites excluding steroid dienone is 1. The zero-order chi connectivity index (χ0) is 15.2. The van der Waals surface area contributed by atoms with Crippen molar-refractivity contribution in [2.24, 2.45) is 0 Å². The first-order valence-electron chi connectivity index (χ1n) is 5.45. The second-order valence-electron chi connectivity index (χ2n) is 3.68. The molecule has 0 saturated carbocycles. The van der Waals surface area contributed by atoms with E-state index in [1.807, 2.05) is 0 Å². The average Bonchev–Trinajstić information content (AvgIpc) is 2.39. The van der Waals surface area contributed by atoms with Gasteiger partial charge in [0.15, 0.2) is 0 Å². The molecule has 0 atom stereocenters. The van der Waals surface area contributed by atoms with E-state index in [1.54, 1.807) is 30.3 Å². The van der Waals surface area contributed by atoms with Crippen molar-refractivity contribution >= 4 is 5.97 Å². The summed E-state index contributed by atoms with van der Waals surface area (Å²) in [7, 11) is 0. The minimum Gasteiger partial charge on any atom is -0.515 e. The van der Waals surface area contributed by atoms with E-state index in [1.165, 1.54) is 0 Å². The van der Waals surface area contributed by atoms with E-state index in [9.17, 15) is 18.0 Å². The summed E-state index contributed by atoms with van der Waals surface area (Å²) >= 11 is 0. The Balaban J connectivity index is 0.00000400. The first-order valence-corrected chi connectivity index (χ1v) is 5.45. The molecule has 0 aromatic heterocycles. The molecule has 0 bridgehead atoms. The predicted octanol–water partition coefficient (Wildman–Crippen LogP) is 3.02. The Hall–Kier alpha value is -1.97. The fourth-order valence-electron chi connectivity index (χ4n) is 1.30. The quantitative estimate of drug-likeness (QED) is 0.299. The van der Waals surface area contributed by atoms with Crippen molar-refractivity contribution in [1.82, 2.24) is 0 Å². The van der Waals surface area contributed by atoms with Gasteiger partial charge in [-0.15, -0.1) is 0 Å². The molecule has 1 aromatic carbocycles. The van der Waals surface area contributed by atoms with Crippen LogP contribution in [0.15, 0.2) is 41.8 Å². The molecule has 0 saturated heterocycles. The number of halogens is 3. The predicted molar refractivity (Wildman–Crippen MR) is 63.4 cm³/mol. The Labute approximate surface area is 129 Å². The van der Waals surface area contributed by atoms with Crippen molar-refractivity contribution < 1.29 is 44.9 Å². The van der Waals surface area contributed by atoms with Crippen LogP contribution in [0.1, 0.15) is 5.56 Å². The summed E-state index contributed by atoms with van der Waals surface area (Å²) in [5.74, 6) is -3.73. The van der Waals surface area contributed by atoms with E-state index in [0.717, 1.165) is 5.56 Å². The zero-order valence-corrected chi connectivity index (χ0v) is 11.4. The summed E-state index contributed by atoms with van der Waals surface area (Å²) in [5.41, 5.74) is -0.640. The smallest absolute Gasteiger partial charge is 0.438 e. The minimum atomic E-state index is -5.15. The van der Waals surface area contributed by atoms with Crippen LogP contribution in [0.4, 0.5) is 13.2 Å². The molecule has 0 aliphatic carbocycles. The average molecular weight is 349 g/mol. The van der Waals surface area contributed by atoms with E-state index in [4.69, 9.17) is 11.7 Å². The molecule has 1 radical (unpaired) electrons. The Morgan fingerprint density at radius 1 is 1.29 bits per heavy atom. The van der Waals surface area contributed by atoms with Crippen molar-refractivity contribution in [3.63, 3.8) is 0 Å². The summed E-state index contributed by atoms with van der Waals surface area (Å²) in [6.45, 7) is 6.32. The first kappa shape index (κ1) is 19.0. The molecule has 0 aliphatic heterocycles. The topological polar surface area (TPSA) is 50.9 Å². The van der Waals surface area contributed by atoms with Crippen molar-refractivity contribution in [3.8, 4) is 0 Å². The maximum atomic E-state index is 12.2. The third-order valence-corrected chi connectivity index (χ3v) is 2.26. The van der Waals surface area contributed by atoms with E-state index >= 15 is 0 Å². The number of esters is 1. The van der Waals surface area contributed by atoms with Crippen LogP contribution < -0.4 is 0 Å². The van der Waals surface area contributed by atoms with Gasteiger partial charge < -0.3 is 9.84 Å². The molecular weight excluding hydrogens is 339 g/mol. The van der Waals surface area contributed by atoms with Crippen LogP contribution >= 0.6 is 0 Å². The van der Waals surface area contributed by atoms with Crippen molar-refractivity contribution in [2.75, 3.05) is 6.61 Å². The molecule has 0 aliphatic rings. The Morgan fingerprint density at radius 3 is 2.33 bits per heavy atom. The number of benzene rings is 1. The van der Waals surface area contributed by atoms with Crippen molar-refractivity contribution in [2.45, 2.75) is 12.6 Å². The molecule has 0 heterocycles. The molecule has 0 spiro atoms. The van der Waals surface area contributed by atoms with Crippen molar-refractivity contribution in [1.29, 1.82) is 0 Å².